The van der Waals surface area contributed by atoms with Crippen molar-refractivity contribution in [3.8, 4) is 17.2 Å². The number of carbonyl (C=O) groups is 2. The fraction of sp³-hybridized carbons (Fsp3) is 0.333. The van der Waals surface area contributed by atoms with Crippen molar-refractivity contribution in [3.05, 3.63) is 87.9 Å². The van der Waals surface area contributed by atoms with E-state index in [9.17, 15) is 9.59 Å². The summed E-state index contributed by atoms with van der Waals surface area (Å²) in [5.41, 5.74) is 0.474. The van der Waals surface area contributed by atoms with Crippen molar-refractivity contribution in [2.45, 2.75) is 58.3 Å². The Balaban J connectivity index is 1.66. The summed E-state index contributed by atoms with van der Waals surface area (Å²) in [6, 6.07) is 17.5. The molecule has 0 aliphatic heterocycles. The van der Waals surface area contributed by atoms with E-state index in [4.69, 9.17) is 37.4 Å². The third kappa shape index (κ3) is 9.75. The molecule has 0 bridgehead atoms. The highest BCUT2D eigenvalue weighted by Crippen LogP contribution is 2.26. The minimum Gasteiger partial charge on any atom is -0.493 e. The molecule has 0 N–H and O–H groups in total. The molecule has 0 saturated heterocycles. The third-order valence-electron chi connectivity index (χ3n) is 5.74. The minimum atomic E-state index is -0.592. The molecular formula is C30H32Cl2O5. The van der Waals surface area contributed by atoms with E-state index in [0.29, 0.717) is 28.2 Å². The van der Waals surface area contributed by atoms with Crippen LogP contribution in [0.4, 0.5) is 0 Å². The van der Waals surface area contributed by atoms with Crippen LogP contribution in [-0.2, 0) is 0 Å². The maximum Gasteiger partial charge on any atom is 0.347 e. The zero-order valence-corrected chi connectivity index (χ0v) is 22.5. The summed E-state index contributed by atoms with van der Waals surface area (Å²) in [6.07, 6.45) is 9.31. The van der Waals surface area contributed by atoms with Gasteiger partial charge in [0.05, 0.1) is 12.2 Å². The molecule has 3 aromatic carbocycles. The van der Waals surface area contributed by atoms with Crippen LogP contribution in [-0.4, -0.2) is 18.5 Å². The van der Waals surface area contributed by atoms with E-state index in [-0.39, 0.29) is 16.9 Å². The Morgan fingerprint density at radius 2 is 1.16 bits per heavy atom. The third-order valence-corrected chi connectivity index (χ3v) is 6.25. The first kappa shape index (κ1) is 28.5. The largest absolute Gasteiger partial charge is 0.493 e. The number of carbonyl (C=O) groups excluding carboxylic acids is 2. The van der Waals surface area contributed by atoms with Crippen molar-refractivity contribution in [1.29, 1.82) is 0 Å². The van der Waals surface area contributed by atoms with Crippen LogP contribution in [0.5, 0.6) is 17.2 Å². The Hall–Kier alpha value is -3.02. The van der Waals surface area contributed by atoms with Gasteiger partial charge in [-0.15, -0.1) is 0 Å². The summed E-state index contributed by atoms with van der Waals surface area (Å²) < 4.78 is 16.9. The second kappa shape index (κ2) is 15.3. The first-order valence-electron chi connectivity index (χ1n) is 12.7. The van der Waals surface area contributed by atoms with E-state index in [1.165, 1.54) is 50.3 Å². The van der Waals surface area contributed by atoms with Crippen molar-refractivity contribution in [2.24, 2.45) is 0 Å². The molecule has 0 aromatic heterocycles. The normalized spacial score (nSPS) is 10.7. The highest BCUT2D eigenvalue weighted by Gasteiger charge is 2.19. The number of esters is 2. The van der Waals surface area contributed by atoms with Gasteiger partial charge in [-0.05, 0) is 73.2 Å². The zero-order valence-electron chi connectivity index (χ0n) is 21.0. The van der Waals surface area contributed by atoms with E-state index >= 15 is 0 Å². The van der Waals surface area contributed by atoms with Crippen LogP contribution in [0.15, 0.2) is 66.7 Å². The van der Waals surface area contributed by atoms with Gasteiger partial charge >= 0.3 is 11.9 Å². The molecule has 0 heterocycles. The van der Waals surface area contributed by atoms with Gasteiger partial charge in [-0.3, -0.25) is 0 Å². The predicted molar refractivity (Wildman–Crippen MR) is 147 cm³/mol. The second-order valence-corrected chi connectivity index (χ2v) is 9.59. The second-order valence-electron chi connectivity index (χ2n) is 8.72. The molecular weight excluding hydrogens is 511 g/mol. The van der Waals surface area contributed by atoms with Crippen molar-refractivity contribution >= 4 is 35.1 Å². The van der Waals surface area contributed by atoms with Gasteiger partial charge in [0.1, 0.15) is 22.8 Å². The van der Waals surface area contributed by atoms with Gasteiger partial charge in [0.25, 0.3) is 0 Å². The monoisotopic (exact) mass is 542 g/mol. The molecule has 0 spiro atoms. The maximum atomic E-state index is 12.9. The number of halogens is 2. The van der Waals surface area contributed by atoms with Crippen LogP contribution < -0.4 is 14.2 Å². The molecule has 196 valence electrons. The molecule has 0 unspecified atom stereocenters. The van der Waals surface area contributed by atoms with Gasteiger partial charge in [-0.2, -0.15) is 0 Å². The van der Waals surface area contributed by atoms with E-state index in [1.807, 2.05) is 0 Å². The van der Waals surface area contributed by atoms with Crippen LogP contribution in [0.25, 0.3) is 0 Å². The number of rotatable bonds is 14. The molecule has 0 atom stereocenters. The molecule has 0 saturated carbocycles. The van der Waals surface area contributed by atoms with Crippen molar-refractivity contribution < 1.29 is 23.8 Å². The van der Waals surface area contributed by atoms with Gasteiger partial charge in [0.2, 0.25) is 0 Å². The lowest BCUT2D eigenvalue weighted by Crippen LogP contribution is -2.14. The SMILES string of the molecule is CCCCCCCCCCOc1cc(C(=O)Oc2ccc(Cl)cc2)ccc1C(=O)Oc1ccc(Cl)cc1. The molecule has 0 aliphatic rings. The molecule has 37 heavy (non-hydrogen) atoms. The average molecular weight is 543 g/mol. The fourth-order valence-electron chi connectivity index (χ4n) is 3.69. The van der Waals surface area contributed by atoms with Gasteiger partial charge in [-0.25, -0.2) is 9.59 Å². The van der Waals surface area contributed by atoms with E-state index < -0.39 is 11.9 Å². The van der Waals surface area contributed by atoms with Crippen LogP contribution in [0.3, 0.4) is 0 Å². The molecule has 0 fully saturated rings. The Labute approximate surface area is 228 Å². The molecule has 0 radical (unpaired) electrons. The molecule has 5 nitrogen and oxygen atoms in total. The van der Waals surface area contributed by atoms with Crippen LogP contribution in [0.1, 0.15) is 79.0 Å². The minimum absolute atomic E-state index is 0.220. The molecule has 0 amide bonds. The number of ether oxygens (including phenoxy) is 3. The van der Waals surface area contributed by atoms with Crippen LogP contribution >= 0.6 is 23.2 Å². The first-order chi connectivity index (χ1) is 18.0. The lowest BCUT2D eigenvalue weighted by molar-refractivity contribution is 0.0716. The molecule has 0 aliphatic carbocycles. The Bertz CT molecular complexity index is 1140. The highest BCUT2D eigenvalue weighted by molar-refractivity contribution is 6.30. The number of unbranched alkanes of at least 4 members (excludes halogenated alkanes) is 7. The molecule has 3 rings (SSSR count). The van der Waals surface area contributed by atoms with Gasteiger partial charge in [0, 0.05) is 10.0 Å². The predicted octanol–water partition coefficient (Wildman–Crippen LogP) is 8.95. The summed E-state index contributed by atoms with van der Waals surface area (Å²) in [6.45, 7) is 2.63. The summed E-state index contributed by atoms with van der Waals surface area (Å²) in [7, 11) is 0. The van der Waals surface area contributed by atoms with Crippen LogP contribution in [0, 0.1) is 0 Å². The summed E-state index contributed by atoms with van der Waals surface area (Å²) >= 11 is 11.8. The first-order valence-corrected chi connectivity index (χ1v) is 13.4. The van der Waals surface area contributed by atoms with Gasteiger partial charge in [-0.1, -0.05) is 75.1 Å². The van der Waals surface area contributed by atoms with E-state index in [1.54, 1.807) is 48.5 Å². The highest BCUT2D eigenvalue weighted by atomic mass is 35.5. The van der Waals surface area contributed by atoms with Crippen molar-refractivity contribution in [3.63, 3.8) is 0 Å². The fourth-order valence-corrected chi connectivity index (χ4v) is 3.94. The topological polar surface area (TPSA) is 61.8 Å². The quantitative estimate of drug-likeness (QED) is 0.115. The summed E-state index contributed by atoms with van der Waals surface area (Å²) in [5, 5.41) is 1.08. The zero-order chi connectivity index (χ0) is 26.5. The lowest BCUT2D eigenvalue weighted by Gasteiger charge is -2.13. The van der Waals surface area contributed by atoms with Gasteiger partial charge < -0.3 is 14.2 Å². The van der Waals surface area contributed by atoms with Crippen molar-refractivity contribution in [2.75, 3.05) is 6.61 Å². The van der Waals surface area contributed by atoms with Crippen LogP contribution in [0.2, 0.25) is 10.0 Å². The summed E-state index contributed by atoms with van der Waals surface area (Å²) in [5.74, 6) is -0.174. The standard InChI is InChI=1S/C30H32Cl2O5/c1-2-3-4-5-6-7-8-9-20-35-28-21-22(29(33)36-25-15-11-23(31)12-16-25)10-19-27(28)30(34)37-26-17-13-24(32)14-18-26/h10-19,21H,2-9,20H2,1H3. The maximum absolute atomic E-state index is 12.9. The smallest absolute Gasteiger partial charge is 0.347 e. The molecule has 7 heteroatoms. The van der Waals surface area contributed by atoms with E-state index in [2.05, 4.69) is 6.92 Å². The lowest BCUT2D eigenvalue weighted by atomic mass is 10.1. The number of hydrogen-bond acceptors (Lipinski definition) is 5. The Morgan fingerprint density at radius 1 is 0.649 bits per heavy atom. The van der Waals surface area contributed by atoms with E-state index in [0.717, 1.165) is 19.3 Å². The molecule has 3 aromatic rings. The Kier molecular flexibility index (Phi) is 11.8. The summed E-state index contributed by atoms with van der Waals surface area (Å²) in [4.78, 5) is 25.7. The van der Waals surface area contributed by atoms with Gasteiger partial charge in [0.15, 0.2) is 0 Å². The Morgan fingerprint density at radius 3 is 1.73 bits per heavy atom. The average Bonchev–Trinajstić information content (AvgIpc) is 2.90. The number of hydrogen-bond donors (Lipinski definition) is 0. The van der Waals surface area contributed by atoms with Crippen molar-refractivity contribution in [1.82, 2.24) is 0 Å². The number of benzene rings is 3.